The first kappa shape index (κ1) is 21.5. The summed E-state index contributed by atoms with van der Waals surface area (Å²) in [6, 6.07) is 8.49. The zero-order valence-electron chi connectivity index (χ0n) is 16.4. The number of benzene rings is 1. The minimum atomic E-state index is -0.385. The minimum Gasteiger partial charge on any atom is -0.481 e. The predicted molar refractivity (Wildman–Crippen MR) is 119 cm³/mol. The molecule has 2 N–H and O–H groups in total. The van der Waals surface area contributed by atoms with Crippen molar-refractivity contribution in [1.82, 2.24) is 15.0 Å². The average molecular weight is 444 g/mol. The van der Waals surface area contributed by atoms with Crippen molar-refractivity contribution in [1.29, 1.82) is 0 Å². The van der Waals surface area contributed by atoms with E-state index in [0.29, 0.717) is 45.8 Å². The Morgan fingerprint density at radius 1 is 1.17 bits per heavy atom. The molecule has 3 rings (SSSR count). The first-order valence-corrected chi connectivity index (χ1v) is 9.64. The normalized spacial score (nSPS) is 10.4. The van der Waals surface area contributed by atoms with Crippen LogP contribution in [0.5, 0.6) is 5.88 Å². The maximum Gasteiger partial charge on any atom is 0.258 e. The van der Waals surface area contributed by atoms with Gasteiger partial charge in [-0.3, -0.25) is 4.79 Å². The number of pyridine rings is 1. The third-order valence-corrected chi connectivity index (χ3v) is 4.78. The van der Waals surface area contributed by atoms with Crippen LogP contribution in [0.1, 0.15) is 28.5 Å². The van der Waals surface area contributed by atoms with Crippen molar-refractivity contribution in [2.45, 2.75) is 13.5 Å². The lowest BCUT2D eigenvalue weighted by molar-refractivity contribution is 0.102. The Morgan fingerprint density at radius 3 is 2.57 bits per heavy atom. The van der Waals surface area contributed by atoms with Crippen LogP contribution in [-0.2, 0) is 6.54 Å². The zero-order chi connectivity index (χ0) is 21.7. The molecule has 1 amide bonds. The summed E-state index contributed by atoms with van der Waals surface area (Å²) in [5.41, 5.74) is 2.76. The van der Waals surface area contributed by atoms with Gasteiger partial charge in [0.15, 0.2) is 0 Å². The van der Waals surface area contributed by atoms with Gasteiger partial charge in [-0.25, -0.2) is 15.0 Å². The van der Waals surface area contributed by atoms with Crippen LogP contribution in [0.4, 0.5) is 11.5 Å². The summed E-state index contributed by atoms with van der Waals surface area (Å²) in [6.45, 7) is 6.12. The number of carbonyl (C=O) groups excluding carboxylic acids is 1. The first-order valence-electron chi connectivity index (χ1n) is 8.89. The second-order valence-corrected chi connectivity index (χ2v) is 7.17. The number of rotatable bonds is 7. The van der Waals surface area contributed by atoms with E-state index in [1.165, 1.54) is 19.6 Å². The third-order valence-electron chi connectivity index (χ3n) is 4.13. The van der Waals surface area contributed by atoms with Crippen molar-refractivity contribution in [3.8, 4) is 5.88 Å². The lowest BCUT2D eigenvalue weighted by Gasteiger charge is -2.15. The molecule has 0 radical (unpaired) electrons. The smallest absolute Gasteiger partial charge is 0.258 e. The quantitative estimate of drug-likeness (QED) is 0.528. The number of aromatic nitrogens is 3. The van der Waals surface area contributed by atoms with Crippen LogP contribution in [0.2, 0.25) is 10.0 Å². The van der Waals surface area contributed by atoms with E-state index in [1.54, 1.807) is 37.3 Å². The number of anilines is 2. The van der Waals surface area contributed by atoms with Gasteiger partial charge in [-0.1, -0.05) is 29.8 Å². The number of amides is 1. The van der Waals surface area contributed by atoms with E-state index >= 15 is 0 Å². The van der Waals surface area contributed by atoms with E-state index in [4.69, 9.17) is 27.9 Å². The average Bonchev–Trinajstić information content (AvgIpc) is 2.73. The molecule has 154 valence electrons. The van der Waals surface area contributed by atoms with Crippen molar-refractivity contribution in [3.63, 3.8) is 0 Å². The Bertz CT molecular complexity index is 1090. The van der Waals surface area contributed by atoms with Gasteiger partial charge >= 0.3 is 0 Å². The standard InChI is InChI=1S/C21H19Cl2N5O2/c1-12(2)18-19(23)16(21(29)28-14-6-4-13(22)5-7-14)10-25-20(18)24-9-15-8-17(30-3)27-11-26-15/h4-8,10-11H,1,9H2,2-3H3,(H,24,25)(H,28,29). The van der Waals surface area contributed by atoms with Crippen LogP contribution < -0.4 is 15.4 Å². The van der Waals surface area contributed by atoms with Crippen molar-refractivity contribution < 1.29 is 9.53 Å². The topological polar surface area (TPSA) is 89.0 Å². The van der Waals surface area contributed by atoms with E-state index in [-0.39, 0.29) is 16.5 Å². The van der Waals surface area contributed by atoms with Gasteiger partial charge < -0.3 is 15.4 Å². The Morgan fingerprint density at radius 2 is 1.90 bits per heavy atom. The van der Waals surface area contributed by atoms with Crippen LogP contribution in [0.25, 0.3) is 5.57 Å². The van der Waals surface area contributed by atoms with E-state index in [2.05, 4.69) is 32.2 Å². The number of hydrogen-bond acceptors (Lipinski definition) is 6. The summed E-state index contributed by atoms with van der Waals surface area (Å²) >= 11 is 12.4. The molecular weight excluding hydrogens is 425 g/mol. The molecule has 0 unspecified atom stereocenters. The van der Waals surface area contributed by atoms with Crippen molar-refractivity contribution >= 4 is 46.2 Å². The summed E-state index contributed by atoms with van der Waals surface area (Å²) in [4.78, 5) is 25.3. The highest BCUT2D eigenvalue weighted by Gasteiger charge is 2.19. The summed E-state index contributed by atoms with van der Waals surface area (Å²) in [6.07, 6.45) is 2.84. The molecule has 2 heterocycles. The molecule has 0 saturated heterocycles. The number of carbonyl (C=O) groups is 1. The highest BCUT2D eigenvalue weighted by atomic mass is 35.5. The van der Waals surface area contributed by atoms with Gasteiger partial charge in [0.2, 0.25) is 5.88 Å². The molecule has 0 bridgehead atoms. The molecule has 1 aromatic carbocycles. The molecule has 0 spiro atoms. The monoisotopic (exact) mass is 443 g/mol. The van der Waals surface area contributed by atoms with Gasteiger partial charge in [-0.2, -0.15) is 0 Å². The lowest BCUT2D eigenvalue weighted by atomic mass is 10.1. The summed E-state index contributed by atoms with van der Waals surface area (Å²) in [5, 5.41) is 6.79. The number of hydrogen-bond donors (Lipinski definition) is 2. The van der Waals surface area contributed by atoms with Crippen molar-refractivity contribution in [3.05, 3.63) is 76.3 Å². The maximum absolute atomic E-state index is 12.7. The summed E-state index contributed by atoms with van der Waals surface area (Å²) < 4.78 is 5.10. The number of methoxy groups -OCH3 is 1. The van der Waals surface area contributed by atoms with Crippen LogP contribution >= 0.6 is 23.2 Å². The van der Waals surface area contributed by atoms with Gasteiger partial charge in [-0.15, -0.1) is 0 Å². The second-order valence-electron chi connectivity index (χ2n) is 6.36. The van der Waals surface area contributed by atoms with Gasteiger partial charge in [0.1, 0.15) is 12.1 Å². The van der Waals surface area contributed by atoms with Crippen LogP contribution in [0.3, 0.4) is 0 Å². The van der Waals surface area contributed by atoms with Crippen LogP contribution in [0.15, 0.2) is 49.4 Å². The summed E-state index contributed by atoms with van der Waals surface area (Å²) in [7, 11) is 1.54. The number of halogens is 2. The Kier molecular flexibility index (Phi) is 6.87. The Balaban J connectivity index is 1.83. The molecule has 30 heavy (non-hydrogen) atoms. The molecule has 0 aliphatic rings. The molecule has 7 nitrogen and oxygen atoms in total. The Hall–Kier alpha value is -3.16. The highest BCUT2D eigenvalue weighted by molar-refractivity contribution is 6.36. The van der Waals surface area contributed by atoms with E-state index < -0.39 is 0 Å². The first-order chi connectivity index (χ1) is 14.4. The molecule has 0 aliphatic carbocycles. The fourth-order valence-corrected chi connectivity index (χ4v) is 3.17. The molecule has 0 fully saturated rings. The SMILES string of the molecule is C=C(C)c1c(NCc2cc(OC)ncn2)ncc(C(=O)Nc2ccc(Cl)cc2)c1Cl. The molecule has 0 aliphatic heterocycles. The predicted octanol–water partition coefficient (Wildman–Crippen LogP) is 5.08. The highest BCUT2D eigenvalue weighted by Crippen LogP contribution is 2.32. The largest absolute Gasteiger partial charge is 0.481 e. The molecule has 9 heteroatoms. The van der Waals surface area contributed by atoms with E-state index in [1.807, 2.05) is 0 Å². The zero-order valence-corrected chi connectivity index (χ0v) is 17.9. The maximum atomic E-state index is 12.7. The second kappa shape index (κ2) is 9.56. The van der Waals surface area contributed by atoms with Crippen LogP contribution in [-0.4, -0.2) is 28.0 Å². The number of nitrogens with zero attached hydrogens (tertiary/aromatic N) is 3. The number of ether oxygens (including phenoxy) is 1. The Labute approximate surface area is 184 Å². The van der Waals surface area contributed by atoms with Crippen molar-refractivity contribution in [2.24, 2.45) is 0 Å². The molecule has 0 saturated carbocycles. The molecular formula is C21H19Cl2N5O2. The minimum absolute atomic E-state index is 0.235. The lowest BCUT2D eigenvalue weighted by Crippen LogP contribution is -2.15. The fraction of sp³-hybridized carbons (Fsp3) is 0.143. The molecule has 2 aromatic heterocycles. The molecule has 3 aromatic rings. The van der Waals surface area contributed by atoms with Crippen LogP contribution in [0, 0.1) is 0 Å². The number of nitrogens with one attached hydrogen (secondary N) is 2. The van der Waals surface area contributed by atoms with Gasteiger partial charge in [0.05, 0.1) is 29.9 Å². The van der Waals surface area contributed by atoms with Gasteiger partial charge in [-0.05, 0) is 36.8 Å². The van der Waals surface area contributed by atoms with Gasteiger partial charge in [0, 0.05) is 28.5 Å². The van der Waals surface area contributed by atoms with Crippen molar-refractivity contribution in [2.75, 3.05) is 17.7 Å². The molecule has 0 atom stereocenters. The van der Waals surface area contributed by atoms with E-state index in [0.717, 1.165) is 0 Å². The van der Waals surface area contributed by atoms with E-state index in [9.17, 15) is 4.79 Å². The number of allylic oxidation sites excluding steroid dienone is 1. The summed E-state index contributed by atoms with van der Waals surface area (Å²) in [5.74, 6) is 0.569. The van der Waals surface area contributed by atoms with Gasteiger partial charge in [0.25, 0.3) is 5.91 Å². The fourth-order valence-electron chi connectivity index (χ4n) is 2.66. The third kappa shape index (κ3) is 5.06.